The van der Waals surface area contributed by atoms with E-state index in [1.807, 2.05) is 19.1 Å². The van der Waals surface area contributed by atoms with Gasteiger partial charge in [0, 0.05) is 20.5 Å². The van der Waals surface area contributed by atoms with Crippen molar-refractivity contribution in [3.05, 3.63) is 38.8 Å². The van der Waals surface area contributed by atoms with Crippen molar-refractivity contribution < 1.29 is 0 Å². The van der Waals surface area contributed by atoms with Crippen LogP contribution >= 0.6 is 34.7 Å². The molecule has 90 valence electrons. The van der Waals surface area contributed by atoms with Crippen molar-refractivity contribution in [2.45, 2.75) is 24.5 Å². The summed E-state index contributed by atoms with van der Waals surface area (Å²) in [5.41, 5.74) is 7.75. The summed E-state index contributed by atoms with van der Waals surface area (Å²) in [6, 6.07) is 5.59. The lowest BCUT2D eigenvalue weighted by Gasteiger charge is -2.04. The predicted octanol–water partition coefficient (Wildman–Crippen LogP) is 4.29. The number of aryl methyl sites for hydroxylation is 2. The lowest BCUT2D eigenvalue weighted by atomic mass is 10.3. The number of nitrogens with zero attached hydrogens (tertiary/aromatic N) is 1. The molecule has 0 aliphatic heterocycles. The van der Waals surface area contributed by atoms with Crippen LogP contribution in [0.15, 0.2) is 23.1 Å². The first-order chi connectivity index (χ1) is 8.06. The van der Waals surface area contributed by atoms with E-state index in [9.17, 15) is 0 Å². The van der Waals surface area contributed by atoms with Crippen molar-refractivity contribution in [1.29, 1.82) is 0 Å². The third-order valence-corrected chi connectivity index (χ3v) is 4.99. The van der Waals surface area contributed by atoms with Crippen LogP contribution in [0.2, 0.25) is 5.02 Å². The zero-order valence-corrected chi connectivity index (χ0v) is 12.0. The van der Waals surface area contributed by atoms with E-state index in [2.05, 4.69) is 11.9 Å². The normalized spacial score (nSPS) is 10.8. The molecule has 0 radical (unpaired) electrons. The van der Waals surface area contributed by atoms with Crippen LogP contribution in [0.1, 0.15) is 15.6 Å². The van der Waals surface area contributed by atoms with Crippen LogP contribution in [0, 0.1) is 13.8 Å². The number of hydrogen-bond acceptors (Lipinski definition) is 4. The summed E-state index contributed by atoms with van der Waals surface area (Å²) in [7, 11) is 0. The number of aromatic nitrogens is 1. The van der Waals surface area contributed by atoms with Gasteiger partial charge in [-0.15, -0.1) is 23.1 Å². The summed E-state index contributed by atoms with van der Waals surface area (Å²) in [6.45, 7) is 4.13. The van der Waals surface area contributed by atoms with E-state index in [0.29, 0.717) is 5.02 Å². The summed E-state index contributed by atoms with van der Waals surface area (Å²) in [5.74, 6) is 0.852. The second-order valence-electron chi connectivity index (χ2n) is 3.72. The molecule has 0 fully saturated rings. The molecule has 2 nitrogen and oxygen atoms in total. The zero-order chi connectivity index (χ0) is 12.4. The number of hydrogen-bond donors (Lipinski definition) is 1. The van der Waals surface area contributed by atoms with Crippen molar-refractivity contribution in [2.24, 2.45) is 0 Å². The second-order valence-corrected chi connectivity index (χ2v) is 6.46. The van der Waals surface area contributed by atoms with Crippen LogP contribution in [0.3, 0.4) is 0 Å². The Labute approximate surface area is 114 Å². The molecule has 2 rings (SSSR count). The fourth-order valence-electron chi connectivity index (χ4n) is 1.39. The molecule has 0 bridgehead atoms. The lowest BCUT2D eigenvalue weighted by molar-refractivity contribution is 1.16. The molecule has 0 aliphatic rings. The van der Waals surface area contributed by atoms with E-state index in [1.165, 1.54) is 4.88 Å². The van der Waals surface area contributed by atoms with Crippen molar-refractivity contribution >= 4 is 40.4 Å². The summed E-state index contributed by atoms with van der Waals surface area (Å²) in [5, 5.41) is 1.81. The SMILES string of the molecule is Cc1nc(CSc2ccc(Cl)cc2N)sc1C. The lowest BCUT2D eigenvalue weighted by Crippen LogP contribution is -1.88. The van der Waals surface area contributed by atoms with Crippen molar-refractivity contribution in [2.75, 3.05) is 5.73 Å². The van der Waals surface area contributed by atoms with Gasteiger partial charge >= 0.3 is 0 Å². The quantitative estimate of drug-likeness (QED) is 0.675. The number of thiazole rings is 1. The largest absolute Gasteiger partial charge is 0.398 e. The number of benzene rings is 1. The van der Waals surface area contributed by atoms with E-state index in [4.69, 9.17) is 17.3 Å². The molecule has 0 saturated heterocycles. The third-order valence-electron chi connectivity index (χ3n) is 2.40. The molecule has 0 unspecified atom stereocenters. The van der Waals surface area contributed by atoms with Crippen LogP contribution in [0.25, 0.3) is 0 Å². The number of nitrogens with two attached hydrogens (primary N) is 1. The fourth-order valence-corrected chi connectivity index (χ4v) is 3.45. The van der Waals surface area contributed by atoms with Gasteiger partial charge in [0.25, 0.3) is 0 Å². The van der Waals surface area contributed by atoms with Gasteiger partial charge in [0.2, 0.25) is 0 Å². The minimum Gasteiger partial charge on any atom is -0.398 e. The van der Waals surface area contributed by atoms with E-state index in [0.717, 1.165) is 27.0 Å². The fraction of sp³-hybridized carbons (Fsp3) is 0.250. The minimum atomic E-state index is 0.674. The first-order valence-electron chi connectivity index (χ1n) is 5.17. The second kappa shape index (κ2) is 5.29. The maximum atomic E-state index is 5.90. The van der Waals surface area contributed by atoms with Gasteiger partial charge in [0.15, 0.2) is 0 Å². The van der Waals surface area contributed by atoms with E-state index in [1.54, 1.807) is 29.2 Å². The van der Waals surface area contributed by atoms with Crippen LogP contribution in [-0.2, 0) is 5.75 Å². The van der Waals surface area contributed by atoms with Gasteiger partial charge in [-0.3, -0.25) is 0 Å². The Kier molecular flexibility index (Phi) is 3.97. The number of nitrogen functional groups attached to an aromatic ring is 1. The Morgan fingerprint density at radius 3 is 2.76 bits per heavy atom. The molecule has 0 spiro atoms. The maximum Gasteiger partial charge on any atom is 0.103 e. The topological polar surface area (TPSA) is 38.9 Å². The highest BCUT2D eigenvalue weighted by Crippen LogP contribution is 2.31. The van der Waals surface area contributed by atoms with Crippen LogP contribution in [-0.4, -0.2) is 4.98 Å². The Balaban J connectivity index is 2.07. The maximum absolute atomic E-state index is 5.90. The number of thioether (sulfide) groups is 1. The predicted molar refractivity (Wildman–Crippen MR) is 77.0 cm³/mol. The van der Waals surface area contributed by atoms with Gasteiger partial charge in [-0.05, 0) is 32.0 Å². The van der Waals surface area contributed by atoms with Gasteiger partial charge in [0.05, 0.1) is 11.4 Å². The summed E-state index contributed by atoms with van der Waals surface area (Å²) in [4.78, 5) is 6.84. The Morgan fingerprint density at radius 2 is 2.18 bits per heavy atom. The Hall–Kier alpha value is -0.710. The highest BCUT2D eigenvalue weighted by atomic mass is 35.5. The standard InChI is InChI=1S/C12H13ClN2S2/c1-7-8(2)17-12(15-7)6-16-11-4-3-9(13)5-10(11)14/h3-5H,6,14H2,1-2H3. The van der Waals surface area contributed by atoms with E-state index >= 15 is 0 Å². The summed E-state index contributed by atoms with van der Waals surface area (Å²) >= 11 is 9.30. The van der Waals surface area contributed by atoms with Gasteiger partial charge in [-0.2, -0.15) is 0 Å². The molecule has 0 aliphatic carbocycles. The third kappa shape index (κ3) is 3.15. The number of anilines is 1. The summed E-state index contributed by atoms with van der Waals surface area (Å²) < 4.78 is 0. The number of halogens is 1. The molecule has 2 aromatic rings. The monoisotopic (exact) mass is 284 g/mol. The molecule has 0 amide bonds. The Bertz CT molecular complexity index is 518. The van der Waals surface area contributed by atoms with Gasteiger partial charge in [0.1, 0.15) is 5.01 Å². The van der Waals surface area contributed by atoms with Crippen LogP contribution in [0.5, 0.6) is 0 Å². The molecule has 1 aromatic heterocycles. The molecule has 17 heavy (non-hydrogen) atoms. The highest BCUT2D eigenvalue weighted by Gasteiger charge is 2.06. The molecule has 1 heterocycles. The summed E-state index contributed by atoms with van der Waals surface area (Å²) in [6.07, 6.45) is 0. The van der Waals surface area contributed by atoms with Crippen molar-refractivity contribution in [3.8, 4) is 0 Å². The van der Waals surface area contributed by atoms with Crippen LogP contribution in [0.4, 0.5) is 5.69 Å². The average molecular weight is 285 g/mol. The molecule has 2 N–H and O–H groups in total. The van der Waals surface area contributed by atoms with Crippen molar-refractivity contribution in [3.63, 3.8) is 0 Å². The molecular formula is C12H13ClN2S2. The molecule has 5 heteroatoms. The van der Waals surface area contributed by atoms with Gasteiger partial charge in [-0.1, -0.05) is 11.6 Å². The molecule has 1 aromatic carbocycles. The molecular weight excluding hydrogens is 272 g/mol. The van der Waals surface area contributed by atoms with Crippen molar-refractivity contribution in [1.82, 2.24) is 4.98 Å². The molecule has 0 saturated carbocycles. The zero-order valence-electron chi connectivity index (χ0n) is 9.66. The first-order valence-corrected chi connectivity index (χ1v) is 7.35. The van der Waals surface area contributed by atoms with E-state index < -0.39 is 0 Å². The van der Waals surface area contributed by atoms with Gasteiger partial charge < -0.3 is 5.73 Å². The van der Waals surface area contributed by atoms with Gasteiger partial charge in [-0.25, -0.2) is 4.98 Å². The Morgan fingerprint density at radius 1 is 1.41 bits per heavy atom. The average Bonchev–Trinajstić information content (AvgIpc) is 2.57. The van der Waals surface area contributed by atoms with E-state index in [-0.39, 0.29) is 0 Å². The first kappa shape index (κ1) is 12.7. The smallest absolute Gasteiger partial charge is 0.103 e. The minimum absolute atomic E-state index is 0.674. The van der Waals surface area contributed by atoms with Crippen LogP contribution < -0.4 is 5.73 Å². The number of rotatable bonds is 3. The molecule has 0 atom stereocenters. The highest BCUT2D eigenvalue weighted by molar-refractivity contribution is 7.98.